The number of halogens is 2. The molecule has 33 heavy (non-hydrogen) atoms. The lowest BCUT2D eigenvalue weighted by Gasteiger charge is -2.27. The van der Waals surface area contributed by atoms with Crippen molar-refractivity contribution in [2.24, 2.45) is 0 Å². The van der Waals surface area contributed by atoms with Crippen LogP contribution in [0.25, 0.3) is 11.3 Å². The van der Waals surface area contributed by atoms with Crippen LogP contribution in [0.15, 0.2) is 60.7 Å². The molecule has 166 valence electrons. The van der Waals surface area contributed by atoms with Crippen LogP contribution in [0.4, 0.5) is 4.39 Å². The van der Waals surface area contributed by atoms with E-state index >= 15 is 0 Å². The van der Waals surface area contributed by atoms with Crippen LogP contribution in [-0.2, 0) is 6.54 Å². The molecular weight excluding hydrogens is 441 g/mol. The van der Waals surface area contributed by atoms with Crippen LogP contribution in [0, 0.1) is 19.7 Å². The van der Waals surface area contributed by atoms with Gasteiger partial charge in [-0.2, -0.15) is 5.10 Å². The number of H-pyrrole nitrogens is 1. The first-order valence-electron chi connectivity index (χ1n) is 10.5. The van der Waals surface area contributed by atoms with Crippen LogP contribution >= 0.6 is 11.6 Å². The van der Waals surface area contributed by atoms with Crippen molar-refractivity contribution in [1.29, 1.82) is 0 Å². The van der Waals surface area contributed by atoms with Gasteiger partial charge in [0.05, 0.1) is 6.04 Å². The van der Waals surface area contributed by atoms with Crippen molar-refractivity contribution in [3.63, 3.8) is 0 Å². The van der Waals surface area contributed by atoms with Crippen LogP contribution in [0.1, 0.15) is 44.3 Å². The Labute approximate surface area is 195 Å². The maximum atomic E-state index is 13.5. The molecule has 5 rings (SSSR count). The SMILES string of the molecule is Cc1cc(C)c(-c2n[nH]c3c2C(c2ccc(Cl)cc2)N(Cc2ccc(F)cc2)C3=O)c(O)c1. The van der Waals surface area contributed by atoms with E-state index in [9.17, 15) is 14.3 Å². The predicted molar refractivity (Wildman–Crippen MR) is 125 cm³/mol. The molecule has 1 unspecified atom stereocenters. The maximum absolute atomic E-state index is 13.5. The number of carbonyl (C=O) groups excluding carboxylic acids is 1. The molecule has 1 atom stereocenters. The number of phenolic OH excluding ortho intramolecular Hbond substituents is 1. The van der Waals surface area contributed by atoms with Gasteiger partial charge >= 0.3 is 0 Å². The van der Waals surface area contributed by atoms with Crippen molar-refractivity contribution >= 4 is 17.5 Å². The van der Waals surface area contributed by atoms with Crippen LogP contribution in [0.2, 0.25) is 5.02 Å². The summed E-state index contributed by atoms with van der Waals surface area (Å²) in [4.78, 5) is 15.2. The fraction of sp³-hybridized carbons (Fsp3) is 0.154. The minimum Gasteiger partial charge on any atom is -0.507 e. The number of aromatic amines is 1. The van der Waals surface area contributed by atoms with E-state index in [1.54, 1.807) is 35.2 Å². The number of hydrogen-bond donors (Lipinski definition) is 2. The second-order valence-electron chi connectivity index (χ2n) is 8.35. The van der Waals surface area contributed by atoms with E-state index in [1.807, 2.05) is 32.0 Å². The molecule has 1 amide bonds. The van der Waals surface area contributed by atoms with Crippen molar-refractivity contribution in [2.45, 2.75) is 26.4 Å². The number of amides is 1. The second-order valence-corrected chi connectivity index (χ2v) is 8.79. The number of aromatic hydroxyl groups is 1. The molecule has 0 spiro atoms. The molecule has 4 aromatic rings. The smallest absolute Gasteiger partial charge is 0.273 e. The molecule has 2 N–H and O–H groups in total. The molecule has 0 bridgehead atoms. The summed E-state index contributed by atoms with van der Waals surface area (Å²) in [5.74, 6) is -0.429. The van der Waals surface area contributed by atoms with Crippen molar-refractivity contribution in [3.8, 4) is 17.0 Å². The maximum Gasteiger partial charge on any atom is 0.273 e. The summed E-state index contributed by atoms with van der Waals surface area (Å²) < 4.78 is 13.4. The number of phenols is 1. The fourth-order valence-corrected chi connectivity index (χ4v) is 4.71. The lowest BCUT2D eigenvalue weighted by Crippen LogP contribution is -2.29. The van der Waals surface area contributed by atoms with Crippen molar-refractivity contribution in [1.82, 2.24) is 15.1 Å². The number of aryl methyl sites for hydroxylation is 2. The summed E-state index contributed by atoms with van der Waals surface area (Å²) in [6, 6.07) is 16.6. The summed E-state index contributed by atoms with van der Waals surface area (Å²) in [5, 5.41) is 18.7. The number of benzene rings is 3. The molecule has 0 saturated carbocycles. The Bertz CT molecular complexity index is 1340. The Morgan fingerprint density at radius 3 is 2.45 bits per heavy atom. The first kappa shape index (κ1) is 21.2. The van der Waals surface area contributed by atoms with Gasteiger partial charge in [-0.1, -0.05) is 41.9 Å². The highest BCUT2D eigenvalue weighted by Crippen LogP contribution is 2.46. The molecule has 2 heterocycles. The number of nitrogens with one attached hydrogen (secondary N) is 1. The van der Waals surface area contributed by atoms with Gasteiger partial charge in [0, 0.05) is 22.7 Å². The van der Waals surface area contributed by atoms with E-state index in [2.05, 4.69) is 10.2 Å². The zero-order valence-electron chi connectivity index (χ0n) is 18.1. The van der Waals surface area contributed by atoms with E-state index in [4.69, 9.17) is 11.6 Å². The number of fused-ring (bicyclic) bond motifs is 1. The summed E-state index contributed by atoms with van der Waals surface area (Å²) in [5.41, 5.74) is 5.67. The third kappa shape index (κ3) is 3.66. The molecule has 1 aliphatic heterocycles. The van der Waals surface area contributed by atoms with Gasteiger partial charge in [0.25, 0.3) is 5.91 Å². The number of aromatic nitrogens is 2. The number of carbonyl (C=O) groups is 1. The monoisotopic (exact) mass is 461 g/mol. The topological polar surface area (TPSA) is 69.2 Å². The van der Waals surface area contributed by atoms with Gasteiger partial charge in [-0.25, -0.2) is 4.39 Å². The third-order valence-electron chi connectivity index (χ3n) is 6.01. The standard InChI is InChI=1S/C26H21ClFN3O2/c1-14-11-15(2)21(20(32)12-14)23-22-24(30-29-23)26(33)31(13-16-3-9-19(28)10-4-16)25(22)17-5-7-18(27)8-6-17/h3-12,25,32H,13H2,1-2H3,(H,29,30). The lowest BCUT2D eigenvalue weighted by molar-refractivity contribution is 0.0730. The summed E-state index contributed by atoms with van der Waals surface area (Å²) in [6.45, 7) is 4.11. The molecular formula is C26H21ClFN3O2. The van der Waals surface area contributed by atoms with Gasteiger partial charge in [0.1, 0.15) is 23.0 Å². The molecule has 0 saturated heterocycles. The predicted octanol–water partition coefficient (Wildman–Crippen LogP) is 5.94. The molecule has 0 radical (unpaired) electrons. The van der Waals surface area contributed by atoms with E-state index in [-0.39, 0.29) is 24.0 Å². The first-order chi connectivity index (χ1) is 15.8. The van der Waals surface area contributed by atoms with Crippen molar-refractivity contribution < 1.29 is 14.3 Å². The van der Waals surface area contributed by atoms with Gasteiger partial charge in [-0.3, -0.25) is 9.89 Å². The highest BCUT2D eigenvalue weighted by molar-refractivity contribution is 6.30. The van der Waals surface area contributed by atoms with E-state index < -0.39 is 6.04 Å². The van der Waals surface area contributed by atoms with Gasteiger partial charge in [-0.15, -0.1) is 0 Å². The van der Waals surface area contributed by atoms with Gasteiger partial charge in [0.2, 0.25) is 0 Å². The molecule has 5 nitrogen and oxygen atoms in total. The Hall–Kier alpha value is -3.64. The van der Waals surface area contributed by atoms with Crippen LogP contribution in [0.5, 0.6) is 5.75 Å². The zero-order valence-corrected chi connectivity index (χ0v) is 18.8. The zero-order chi connectivity index (χ0) is 23.3. The van der Waals surface area contributed by atoms with Gasteiger partial charge < -0.3 is 10.0 Å². The minimum atomic E-state index is -0.455. The Morgan fingerprint density at radius 2 is 1.79 bits per heavy atom. The average Bonchev–Trinajstić information content (AvgIpc) is 3.29. The molecule has 1 aliphatic rings. The Balaban J connectivity index is 1.68. The van der Waals surface area contributed by atoms with E-state index in [1.165, 1.54) is 12.1 Å². The molecule has 0 aliphatic carbocycles. The fourth-order valence-electron chi connectivity index (χ4n) is 4.58. The van der Waals surface area contributed by atoms with E-state index in [0.29, 0.717) is 27.5 Å². The lowest BCUT2D eigenvalue weighted by atomic mass is 9.93. The highest BCUT2D eigenvalue weighted by atomic mass is 35.5. The third-order valence-corrected chi connectivity index (χ3v) is 6.26. The largest absolute Gasteiger partial charge is 0.507 e. The van der Waals surface area contributed by atoms with Crippen LogP contribution in [-0.4, -0.2) is 26.1 Å². The van der Waals surface area contributed by atoms with Crippen LogP contribution < -0.4 is 0 Å². The van der Waals surface area contributed by atoms with Crippen molar-refractivity contribution in [2.75, 3.05) is 0 Å². The van der Waals surface area contributed by atoms with E-state index in [0.717, 1.165) is 22.3 Å². The Kier molecular flexibility index (Phi) is 5.17. The quantitative estimate of drug-likeness (QED) is 0.395. The molecule has 0 fully saturated rings. The number of hydrogen-bond acceptors (Lipinski definition) is 3. The van der Waals surface area contributed by atoms with Gasteiger partial charge in [0.15, 0.2) is 0 Å². The highest BCUT2D eigenvalue weighted by Gasteiger charge is 2.42. The summed E-state index contributed by atoms with van der Waals surface area (Å²) in [7, 11) is 0. The Morgan fingerprint density at radius 1 is 1.09 bits per heavy atom. The number of rotatable bonds is 4. The van der Waals surface area contributed by atoms with Crippen molar-refractivity contribution in [3.05, 3.63) is 105 Å². The minimum absolute atomic E-state index is 0.112. The summed E-state index contributed by atoms with van der Waals surface area (Å²) in [6.07, 6.45) is 0. The first-order valence-corrected chi connectivity index (χ1v) is 10.9. The summed E-state index contributed by atoms with van der Waals surface area (Å²) >= 11 is 6.12. The average molecular weight is 462 g/mol. The van der Waals surface area contributed by atoms with Gasteiger partial charge in [-0.05, 0) is 66.4 Å². The normalized spacial score (nSPS) is 15.2. The second kappa shape index (κ2) is 8.05. The van der Waals surface area contributed by atoms with Crippen LogP contribution in [0.3, 0.4) is 0 Å². The molecule has 7 heteroatoms. The number of nitrogens with zero attached hydrogens (tertiary/aromatic N) is 2. The molecule has 3 aromatic carbocycles. The molecule has 1 aromatic heterocycles.